The molecule has 0 radical (unpaired) electrons. The molecule has 9 aliphatic rings. The molecule has 0 heteroatoms. The van der Waals surface area contributed by atoms with Crippen molar-refractivity contribution in [1.29, 1.82) is 0 Å². The zero-order chi connectivity index (χ0) is 32.9. The molecular formula is C45H80. The molecule has 0 aromatic carbocycles. The molecule has 0 unspecified atom stereocenters. The van der Waals surface area contributed by atoms with E-state index >= 15 is 0 Å². The smallest absolute Gasteiger partial charge is 0.0205 e. The molecule has 4 saturated carbocycles. The standard InChI is InChI=1S/2C10H16.C9H18.C8H16.C8H14/c2*1-7-8(2)10-5-3-9(7)4-6-10;1-8-6-4-3-5-7-9(8)2;2*1-7-5-3-4-6-8(7)2/h2*3,5,7-10H,4,6H2,1-2H3;8-9H,3-7H2,1-2H3;7-8H,3-6H2,1-2H3;3-4,7-8H,5-6H2,1-2H3/t2*7-,8-,9-,10+;8-,9-;2*7-,8-/m11000/s1. The van der Waals surface area contributed by atoms with Gasteiger partial charge in [0.1, 0.15) is 0 Å². The SMILES string of the molecule is C[C@@H]1[C@@H](C)[C@H]2C=C[C@@H]1CC2.C[C@@H]1[C@@H](C)[C@H]2C=C[C@@H]1CC2.C[C@H]1CC=CC[C@@H]1C.C[C@H]1CCCCC[C@@H]1C.C[C@H]1CCCC[C@@H]1C. The van der Waals surface area contributed by atoms with Crippen molar-refractivity contribution in [3.8, 4) is 0 Å². The molecule has 45 heavy (non-hydrogen) atoms. The van der Waals surface area contributed by atoms with E-state index in [2.05, 4.69) is 106 Å². The number of fused-ring (bicyclic) bond motifs is 4. The number of rotatable bonds is 0. The summed E-state index contributed by atoms with van der Waals surface area (Å²) in [4.78, 5) is 0. The van der Waals surface area contributed by atoms with E-state index in [0.717, 1.165) is 82.9 Å². The lowest BCUT2D eigenvalue weighted by molar-refractivity contribution is 0.152. The third kappa shape index (κ3) is 12.3. The van der Waals surface area contributed by atoms with Crippen molar-refractivity contribution in [3.05, 3.63) is 36.5 Å². The monoisotopic (exact) mass is 621 g/mol. The quantitative estimate of drug-likeness (QED) is 0.187. The fourth-order valence-electron chi connectivity index (χ4n) is 9.30. The summed E-state index contributed by atoms with van der Waals surface area (Å²) < 4.78 is 0. The van der Waals surface area contributed by atoms with Gasteiger partial charge >= 0.3 is 0 Å². The van der Waals surface area contributed by atoms with Crippen molar-refractivity contribution >= 4 is 0 Å². The molecule has 0 amide bonds. The van der Waals surface area contributed by atoms with Crippen LogP contribution in [-0.2, 0) is 0 Å². The Labute approximate surface area is 284 Å². The molecule has 0 spiro atoms. The van der Waals surface area contributed by atoms with Crippen molar-refractivity contribution in [2.75, 3.05) is 0 Å². The van der Waals surface area contributed by atoms with Gasteiger partial charge in [0, 0.05) is 0 Å². The van der Waals surface area contributed by atoms with E-state index in [4.69, 9.17) is 0 Å². The molecule has 4 fully saturated rings. The van der Waals surface area contributed by atoms with Gasteiger partial charge in [0.05, 0.1) is 0 Å². The van der Waals surface area contributed by atoms with Gasteiger partial charge in [-0.1, -0.05) is 163 Å². The van der Waals surface area contributed by atoms with Crippen LogP contribution in [0.25, 0.3) is 0 Å². The summed E-state index contributed by atoms with van der Waals surface area (Å²) in [5.74, 6) is 13.3. The molecule has 0 nitrogen and oxygen atoms in total. The maximum Gasteiger partial charge on any atom is -0.0205 e. The second-order valence-corrected chi connectivity index (χ2v) is 17.7. The lowest BCUT2D eigenvalue weighted by atomic mass is 9.64. The summed E-state index contributed by atoms with van der Waals surface area (Å²) in [6.07, 6.45) is 36.0. The average molecular weight is 621 g/mol. The number of hydrogen-bond donors (Lipinski definition) is 0. The van der Waals surface area contributed by atoms with Crippen molar-refractivity contribution in [3.63, 3.8) is 0 Å². The van der Waals surface area contributed by atoms with Gasteiger partial charge in [-0.15, -0.1) is 0 Å². The fraction of sp³-hybridized carbons (Fsp3) is 0.867. The van der Waals surface area contributed by atoms with Crippen LogP contribution in [0.4, 0.5) is 0 Å². The van der Waals surface area contributed by atoms with Crippen molar-refractivity contribution in [2.24, 2.45) is 82.9 Å². The Morgan fingerprint density at radius 1 is 0.289 bits per heavy atom. The fourth-order valence-corrected chi connectivity index (χ4v) is 9.30. The average Bonchev–Trinajstić information content (AvgIpc) is 3.25. The zero-order valence-electron chi connectivity index (χ0n) is 32.2. The van der Waals surface area contributed by atoms with Crippen LogP contribution in [-0.4, -0.2) is 0 Å². The highest BCUT2D eigenvalue weighted by Gasteiger charge is 2.35. The molecule has 14 atom stereocenters. The Balaban J connectivity index is 0.000000154. The van der Waals surface area contributed by atoms with Crippen LogP contribution in [0.15, 0.2) is 36.5 Å². The molecule has 4 bridgehead atoms. The van der Waals surface area contributed by atoms with Gasteiger partial charge in [0.2, 0.25) is 0 Å². The normalized spacial score (nSPS) is 44.4. The van der Waals surface area contributed by atoms with Gasteiger partial charge in [-0.25, -0.2) is 0 Å². The van der Waals surface area contributed by atoms with E-state index in [9.17, 15) is 0 Å². The first-order valence-electron chi connectivity index (χ1n) is 20.5. The summed E-state index contributed by atoms with van der Waals surface area (Å²) in [6.45, 7) is 23.8. The largest absolute Gasteiger partial charge is 0.0883 e. The molecule has 260 valence electrons. The number of allylic oxidation sites excluding steroid dienone is 6. The first-order valence-corrected chi connectivity index (χ1v) is 20.5. The minimum atomic E-state index is 0.917. The van der Waals surface area contributed by atoms with Crippen LogP contribution < -0.4 is 0 Å². The van der Waals surface area contributed by atoms with E-state index in [1.54, 1.807) is 0 Å². The second kappa shape index (κ2) is 19.9. The topological polar surface area (TPSA) is 0 Å². The highest BCUT2D eigenvalue weighted by atomic mass is 14.4. The molecule has 0 aromatic heterocycles. The first-order chi connectivity index (χ1) is 21.5. The highest BCUT2D eigenvalue weighted by Crippen LogP contribution is 2.45. The zero-order valence-corrected chi connectivity index (χ0v) is 32.2. The van der Waals surface area contributed by atoms with Crippen LogP contribution in [0.2, 0.25) is 0 Å². The molecule has 9 rings (SSSR count). The molecular weight excluding hydrogens is 540 g/mol. The summed E-state index contributed by atoms with van der Waals surface area (Å²) in [6, 6.07) is 0. The minimum Gasteiger partial charge on any atom is -0.0883 e. The molecule has 0 saturated heterocycles. The molecule has 0 aromatic rings. The van der Waals surface area contributed by atoms with Crippen LogP contribution >= 0.6 is 0 Å². The van der Waals surface area contributed by atoms with Crippen LogP contribution in [0.5, 0.6) is 0 Å². The minimum absolute atomic E-state index is 0.917. The van der Waals surface area contributed by atoms with Crippen LogP contribution in [0.1, 0.15) is 166 Å². The predicted molar refractivity (Wildman–Crippen MR) is 202 cm³/mol. The highest BCUT2D eigenvalue weighted by molar-refractivity contribution is 5.08. The lowest BCUT2D eigenvalue weighted by Crippen LogP contribution is -2.33. The Hall–Kier alpha value is -0.780. The summed E-state index contributed by atoms with van der Waals surface area (Å²) in [7, 11) is 0. The van der Waals surface area contributed by atoms with Gasteiger partial charge < -0.3 is 0 Å². The lowest BCUT2D eigenvalue weighted by Gasteiger charge is -2.41. The second-order valence-electron chi connectivity index (χ2n) is 17.7. The summed E-state index contributed by atoms with van der Waals surface area (Å²) >= 11 is 0. The molecule has 0 N–H and O–H groups in total. The third-order valence-electron chi connectivity index (χ3n) is 14.7. The Morgan fingerprint density at radius 2 is 0.533 bits per heavy atom. The van der Waals surface area contributed by atoms with Gasteiger partial charge in [0.15, 0.2) is 0 Å². The first kappa shape index (κ1) is 38.7. The van der Waals surface area contributed by atoms with E-state index in [1.807, 2.05) is 0 Å². The maximum atomic E-state index is 2.44. The molecule has 0 heterocycles. The summed E-state index contributed by atoms with van der Waals surface area (Å²) in [5.41, 5.74) is 0. The Kier molecular flexibility index (Phi) is 17.1. The summed E-state index contributed by atoms with van der Waals surface area (Å²) in [5, 5.41) is 0. The van der Waals surface area contributed by atoms with Gasteiger partial charge in [-0.2, -0.15) is 0 Å². The predicted octanol–water partition coefficient (Wildman–Crippen LogP) is 14.4. The van der Waals surface area contributed by atoms with Gasteiger partial charge in [-0.3, -0.25) is 0 Å². The maximum absolute atomic E-state index is 2.44. The Morgan fingerprint density at radius 3 is 0.733 bits per heavy atom. The van der Waals surface area contributed by atoms with Crippen LogP contribution in [0, 0.1) is 82.9 Å². The van der Waals surface area contributed by atoms with E-state index in [1.165, 1.54) is 96.3 Å². The van der Waals surface area contributed by atoms with E-state index in [-0.39, 0.29) is 0 Å². The van der Waals surface area contributed by atoms with Crippen molar-refractivity contribution < 1.29 is 0 Å². The molecule has 9 aliphatic carbocycles. The van der Waals surface area contributed by atoms with Crippen molar-refractivity contribution in [2.45, 2.75) is 166 Å². The van der Waals surface area contributed by atoms with Gasteiger partial charge in [-0.05, 0) is 121 Å². The van der Waals surface area contributed by atoms with E-state index < -0.39 is 0 Å². The third-order valence-corrected chi connectivity index (χ3v) is 14.7. The Bertz CT molecular complexity index is 770. The van der Waals surface area contributed by atoms with Gasteiger partial charge in [0.25, 0.3) is 0 Å². The van der Waals surface area contributed by atoms with Crippen LogP contribution in [0.3, 0.4) is 0 Å². The van der Waals surface area contributed by atoms with Crippen molar-refractivity contribution in [1.82, 2.24) is 0 Å². The van der Waals surface area contributed by atoms with E-state index in [0.29, 0.717) is 0 Å². The molecule has 0 aliphatic heterocycles. The number of hydrogen-bond acceptors (Lipinski definition) is 0.